The standard InChI is InChI=1S/C14H13ClN2S/c15-11-7-4-8-12(13(11)14(16)17)18-9-10-5-2-1-3-6-10/h1-8H,9H2,(H3,16,17). The highest BCUT2D eigenvalue weighted by Gasteiger charge is 2.10. The van der Waals surface area contributed by atoms with Crippen LogP contribution in [0.25, 0.3) is 0 Å². The van der Waals surface area contributed by atoms with Gasteiger partial charge in [0, 0.05) is 16.2 Å². The zero-order valence-electron chi connectivity index (χ0n) is 9.69. The van der Waals surface area contributed by atoms with Crippen LogP contribution in [0.1, 0.15) is 11.1 Å². The lowest BCUT2D eigenvalue weighted by atomic mass is 10.2. The van der Waals surface area contributed by atoms with Gasteiger partial charge >= 0.3 is 0 Å². The Kier molecular flexibility index (Phi) is 4.28. The van der Waals surface area contributed by atoms with Crippen LogP contribution in [0, 0.1) is 5.41 Å². The van der Waals surface area contributed by atoms with Crippen molar-refractivity contribution in [3.05, 3.63) is 64.7 Å². The molecule has 0 aliphatic heterocycles. The maximum Gasteiger partial charge on any atom is 0.125 e. The molecule has 2 rings (SSSR count). The van der Waals surface area contributed by atoms with E-state index in [-0.39, 0.29) is 5.84 Å². The summed E-state index contributed by atoms with van der Waals surface area (Å²) >= 11 is 7.71. The van der Waals surface area contributed by atoms with Gasteiger partial charge in [0.15, 0.2) is 0 Å². The molecule has 0 radical (unpaired) electrons. The third-order valence-electron chi connectivity index (χ3n) is 2.48. The number of hydrogen-bond acceptors (Lipinski definition) is 2. The zero-order valence-corrected chi connectivity index (χ0v) is 11.3. The number of rotatable bonds is 4. The molecular formula is C14H13ClN2S. The van der Waals surface area contributed by atoms with Crippen molar-refractivity contribution in [2.75, 3.05) is 0 Å². The molecule has 0 bridgehead atoms. The number of halogens is 1. The Bertz CT molecular complexity index is 555. The Morgan fingerprint density at radius 1 is 1.11 bits per heavy atom. The number of thioether (sulfide) groups is 1. The highest BCUT2D eigenvalue weighted by atomic mass is 35.5. The van der Waals surface area contributed by atoms with E-state index in [4.69, 9.17) is 22.7 Å². The molecule has 0 unspecified atom stereocenters. The van der Waals surface area contributed by atoms with E-state index in [1.54, 1.807) is 17.8 Å². The van der Waals surface area contributed by atoms with Gasteiger partial charge in [0.25, 0.3) is 0 Å². The molecule has 0 saturated heterocycles. The highest BCUT2D eigenvalue weighted by Crippen LogP contribution is 2.30. The van der Waals surface area contributed by atoms with Gasteiger partial charge in [-0.15, -0.1) is 11.8 Å². The van der Waals surface area contributed by atoms with Crippen molar-refractivity contribution in [2.45, 2.75) is 10.6 Å². The van der Waals surface area contributed by atoms with Crippen LogP contribution in [-0.2, 0) is 5.75 Å². The lowest BCUT2D eigenvalue weighted by Crippen LogP contribution is -2.13. The first-order chi connectivity index (χ1) is 8.68. The first kappa shape index (κ1) is 13.0. The van der Waals surface area contributed by atoms with Crippen molar-refractivity contribution in [2.24, 2.45) is 5.73 Å². The Hall–Kier alpha value is -1.45. The predicted octanol–water partition coefficient (Wildman–Crippen LogP) is 3.92. The molecule has 0 aliphatic rings. The van der Waals surface area contributed by atoms with Gasteiger partial charge in [0.1, 0.15) is 5.84 Å². The highest BCUT2D eigenvalue weighted by molar-refractivity contribution is 7.98. The summed E-state index contributed by atoms with van der Waals surface area (Å²) in [5.74, 6) is 0.845. The van der Waals surface area contributed by atoms with Gasteiger partial charge in [0.2, 0.25) is 0 Å². The lowest BCUT2D eigenvalue weighted by Gasteiger charge is -2.09. The van der Waals surface area contributed by atoms with Crippen LogP contribution in [0.2, 0.25) is 5.02 Å². The summed E-state index contributed by atoms with van der Waals surface area (Å²) in [7, 11) is 0. The van der Waals surface area contributed by atoms with E-state index in [1.165, 1.54) is 5.56 Å². The average Bonchev–Trinajstić information content (AvgIpc) is 2.37. The Labute approximate surface area is 116 Å². The molecule has 0 spiro atoms. The summed E-state index contributed by atoms with van der Waals surface area (Å²) in [4.78, 5) is 0.943. The molecule has 3 N–H and O–H groups in total. The first-order valence-corrected chi connectivity index (χ1v) is 6.84. The van der Waals surface area contributed by atoms with Crippen molar-refractivity contribution in [3.8, 4) is 0 Å². The zero-order chi connectivity index (χ0) is 13.0. The summed E-state index contributed by atoms with van der Waals surface area (Å²) in [6, 6.07) is 15.7. The Balaban J connectivity index is 2.20. The normalized spacial score (nSPS) is 10.3. The van der Waals surface area contributed by atoms with Crippen LogP contribution in [0.3, 0.4) is 0 Å². The van der Waals surface area contributed by atoms with Gasteiger partial charge in [-0.3, -0.25) is 5.41 Å². The summed E-state index contributed by atoms with van der Waals surface area (Å²) in [5.41, 5.74) is 7.43. The minimum Gasteiger partial charge on any atom is -0.384 e. The van der Waals surface area contributed by atoms with Gasteiger partial charge in [-0.1, -0.05) is 48.0 Å². The van der Waals surface area contributed by atoms with Crippen molar-refractivity contribution >= 4 is 29.2 Å². The molecule has 92 valence electrons. The van der Waals surface area contributed by atoms with Crippen molar-refractivity contribution in [1.29, 1.82) is 5.41 Å². The molecule has 4 heteroatoms. The van der Waals surface area contributed by atoms with Crippen LogP contribution in [0.4, 0.5) is 0 Å². The Morgan fingerprint density at radius 2 is 1.83 bits per heavy atom. The number of amidine groups is 1. The lowest BCUT2D eigenvalue weighted by molar-refractivity contribution is 1.32. The van der Waals surface area contributed by atoms with E-state index >= 15 is 0 Å². The molecule has 0 aliphatic carbocycles. The van der Waals surface area contributed by atoms with Crippen molar-refractivity contribution in [1.82, 2.24) is 0 Å². The molecule has 0 saturated carbocycles. The fourth-order valence-corrected chi connectivity index (χ4v) is 3.01. The fourth-order valence-electron chi connectivity index (χ4n) is 1.62. The van der Waals surface area contributed by atoms with Crippen LogP contribution in [0.5, 0.6) is 0 Å². The van der Waals surface area contributed by atoms with Crippen molar-refractivity contribution in [3.63, 3.8) is 0 Å². The van der Waals surface area contributed by atoms with Gasteiger partial charge < -0.3 is 5.73 Å². The number of nitrogen functional groups attached to an aromatic ring is 1. The van der Waals surface area contributed by atoms with E-state index in [0.29, 0.717) is 10.6 Å². The van der Waals surface area contributed by atoms with E-state index in [0.717, 1.165) is 10.6 Å². The molecule has 0 aromatic heterocycles. The number of nitrogens with one attached hydrogen (secondary N) is 1. The molecule has 2 aromatic rings. The topological polar surface area (TPSA) is 49.9 Å². The van der Waals surface area contributed by atoms with Gasteiger partial charge in [-0.2, -0.15) is 0 Å². The minimum absolute atomic E-state index is 0.0103. The van der Waals surface area contributed by atoms with E-state index in [2.05, 4.69) is 12.1 Å². The predicted molar refractivity (Wildman–Crippen MR) is 78.5 cm³/mol. The van der Waals surface area contributed by atoms with Crippen LogP contribution in [-0.4, -0.2) is 5.84 Å². The van der Waals surface area contributed by atoms with Crippen LogP contribution >= 0.6 is 23.4 Å². The molecule has 0 atom stereocenters. The number of hydrogen-bond donors (Lipinski definition) is 2. The second-order valence-electron chi connectivity index (χ2n) is 3.80. The number of nitrogens with two attached hydrogens (primary N) is 1. The van der Waals surface area contributed by atoms with Crippen LogP contribution < -0.4 is 5.73 Å². The van der Waals surface area contributed by atoms with E-state index in [1.807, 2.05) is 30.3 Å². The minimum atomic E-state index is 0.0103. The second-order valence-corrected chi connectivity index (χ2v) is 5.23. The fraction of sp³-hybridized carbons (Fsp3) is 0.0714. The molecule has 0 amide bonds. The summed E-state index contributed by atoms with van der Waals surface area (Å²) in [6.07, 6.45) is 0. The van der Waals surface area contributed by atoms with Crippen molar-refractivity contribution < 1.29 is 0 Å². The molecule has 2 aromatic carbocycles. The molecular weight excluding hydrogens is 264 g/mol. The van der Waals surface area contributed by atoms with Gasteiger partial charge in [0.05, 0.1) is 5.02 Å². The number of benzene rings is 2. The van der Waals surface area contributed by atoms with Gasteiger partial charge in [-0.25, -0.2) is 0 Å². The van der Waals surface area contributed by atoms with Crippen LogP contribution in [0.15, 0.2) is 53.4 Å². The first-order valence-electron chi connectivity index (χ1n) is 5.48. The summed E-state index contributed by atoms with van der Waals surface area (Å²) in [6.45, 7) is 0. The largest absolute Gasteiger partial charge is 0.384 e. The second kappa shape index (κ2) is 5.94. The maximum atomic E-state index is 7.58. The SMILES string of the molecule is N=C(N)c1c(Cl)cccc1SCc1ccccc1. The van der Waals surface area contributed by atoms with Gasteiger partial charge in [-0.05, 0) is 17.7 Å². The quantitative estimate of drug-likeness (QED) is 0.505. The monoisotopic (exact) mass is 276 g/mol. The van der Waals surface area contributed by atoms with E-state index in [9.17, 15) is 0 Å². The summed E-state index contributed by atoms with van der Waals surface area (Å²) in [5, 5.41) is 8.11. The molecule has 0 heterocycles. The smallest absolute Gasteiger partial charge is 0.125 e. The third-order valence-corrected chi connectivity index (χ3v) is 3.93. The Morgan fingerprint density at radius 3 is 2.50 bits per heavy atom. The third kappa shape index (κ3) is 3.06. The average molecular weight is 277 g/mol. The van der Waals surface area contributed by atoms with E-state index < -0.39 is 0 Å². The molecule has 0 fully saturated rings. The maximum absolute atomic E-state index is 7.58. The molecule has 2 nitrogen and oxygen atoms in total. The molecule has 18 heavy (non-hydrogen) atoms. The summed E-state index contributed by atoms with van der Waals surface area (Å²) < 4.78 is 0.